The predicted molar refractivity (Wildman–Crippen MR) is 92.7 cm³/mol. The quantitative estimate of drug-likeness (QED) is 0.582. The molecule has 0 spiro atoms. The van der Waals surface area contributed by atoms with Gasteiger partial charge in [-0.3, -0.25) is 0 Å². The summed E-state index contributed by atoms with van der Waals surface area (Å²) in [5, 5.41) is 2.39. The van der Waals surface area contributed by atoms with Crippen molar-refractivity contribution in [3.05, 3.63) is 17.0 Å². The predicted octanol–water partition coefficient (Wildman–Crippen LogP) is 4.88. The number of fused-ring (bicyclic) bond motifs is 1. The first-order valence-corrected chi connectivity index (χ1v) is 10.7. The second-order valence-corrected chi connectivity index (χ2v) is 11.0. The fraction of sp³-hybridized carbons (Fsp3) is 0.625. The number of hydrogen-bond donors (Lipinski definition) is 0. The summed E-state index contributed by atoms with van der Waals surface area (Å²) in [5.41, 5.74) is 1.61. The first kappa shape index (κ1) is 15.8. The third-order valence-corrected chi connectivity index (χ3v) is 7.35. The van der Waals surface area contributed by atoms with Crippen LogP contribution in [0.1, 0.15) is 52.0 Å². The summed E-state index contributed by atoms with van der Waals surface area (Å²) in [6.07, 6.45) is 6.84. The molecule has 0 bridgehead atoms. The molecule has 2 heterocycles. The molecule has 0 aliphatic rings. The van der Waals surface area contributed by atoms with Crippen LogP contribution in [-0.2, 0) is 6.42 Å². The van der Waals surface area contributed by atoms with Crippen LogP contribution >= 0.6 is 22.7 Å². The van der Waals surface area contributed by atoms with Gasteiger partial charge in [-0.1, -0.05) is 0 Å². The number of thiophene rings is 2. The summed E-state index contributed by atoms with van der Waals surface area (Å²) in [4.78, 5) is 0. The van der Waals surface area contributed by atoms with Crippen LogP contribution in [0, 0.1) is 11.8 Å². The summed E-state index contributed by atoms with van der Waals surface area (Å²) in [7, 11) is 0. The molecular formula is C16H24S2Sn. The van der Waals surface area contributed by atoms with E-state index in [4.69, 9.17) is 0 Å². The van der Waals surface area contributed by atoms with Crippen molar-refractivity contribution in [2.24, 2.45) is 11.8 Å². The van der Waals surface area contributed by atoms with E-state index in [2.05, 4.69) is 32.2 Å². The van der Waals surface area contributed by atoms with Gasteiger partial charge in [0.15, 0.2) is 0 Å². The Kier molecular flexibility index (Phi) is 6.22. The summed E-state index contributed by atoms with van der Waals surface area (Å²) >= 11 is 5.23. The number of hydrogen-bond acceptors (Lipinski definition) is 2. The van der Waals surface area contributed by atoms with Crippen LogP contribution in [0.2, 0.25) is 0 Å². The first-order valence-electron chi connectivity index (χ1n) is 7.31. The van der Waals surface area contributed by atoms with Gasteiger partial charge in [-0.2, -0.15) is 0 Å². The fourth-order valence-electron chi connectivity index (χ4n) is 2.49. The molecule has 2 radical (unpaired) electrons. The van der Waals surface area contributed by atoms with Crippen molar-refractivity contribution in [2.75, 3.05) is 0 Å². The van der Waals surface area contributed by atoms with Gasteiger partial charge in [0.25, 0.3) is 0 Å². The van der Waals surface area contributed by atoms with Gasteiger partial charge in [-0.05, 0) is 0 Å². The Bertz CT molecular complexity index is 510. The van der Waals surface area contributed by atoms with Gasteiger partial charge in [0.2, 0.25) is 0 Å². The van der Waals surface area contributed by atoms with E-state index in [0.29, 0.717) is 0 Å². The van der Waals surface area contributed by atoms with Crippen LogP contribution in [-0.4, -0.2) is 22.5 Å². The molecule has 2 rings (SSSR count). The van der Waals surface area contributed by atoms with Crippen LogP contribution in [0.25, 0.3) is 9.40 Å². The van der Waals surface area contributed by atoms with Gasteiger partial charge in [0.1, 0.15) is 0 Å². The van der Waals surface area contributed by atoms with Crippen LogP contribution in [0.5, 0.6) is 0 Å². The van der Waals surface area contributed by atoms with E-state index >= 15 is 0 Å². The minimum absolute atomic E-state index is 0.863. The molecule has 0 N–H and O–H groups in total. The Hall–Kier alpha value is 0.459. The third-order valence-electron chi connectivity index (χ3n) is 3.72. The fourth-order valence-corrected chi connectivity index (χ4v) is 6.54. The molecule has 2 aromatic rings. The zero-order chi connectivity index (χ0) is 13.8. The van der Waals surface area contributed by atoms with Crippen LogP contribution in [0.15, 0.2) is 11.4 Å². The molecule has 0 aliphatic carbocycles. The monoisotopic (exact) mass is 400 g/mol. The second kappa shape index (κ2) is 7.46. The standard InChI is InChI=1S/C16H23S2.Sn.H/c1-12(2)5-4-6-13(3)7-8-14-11-18-15-9-10-17-16(14)15;;/h9,11-13H,4-8H2,1-3H3;;. The van der Waals surface area contributed by atoms with Gasteiger partial charge >= 0.3 is 139 Å². The topological polar surface area (TPSA) is 0 Å². The zero-order valence-electron chi connectivity index (χ0n) is 12.2. The van der Waals surface area contributed by atoms with Crippen molar-refractivity contribution in [3.63, 3.8) is 0 Å². The number of aryl methyl sites for hydroxylation is 1. The second-order valence-electron chi connectivity index (χ2n) is 6.07. The van der Waals surface area contributed by atoms with E-state index in [-0.39, 0.29) is 0 Å². The van der Waals surface area contributed by atoms with Crippen LogP contribution in [0.4, 0.5) is 0 Å². The summed E-state index contributed by atoms with van der Waals surface area (Å²) in [5.74, 6) is 1.74. The molecular weight excluding hydrogens is 375 g/mol. The maximum absolute atomic E-state index is 2.43. The normalized spacial score (nSPS) is 13.5. The van der Waals surface area contributed by atoms with Gasteiger partial charge in [0.05, 0.1) is 0 Å². The van der Waals surface area contributed by atoms with Gasteiger partial charge in [0, 0.05) is 0 Å². The van der Waals surface area contributed by atoms with Crippen molar-refractivity contribution in [3.8, 4) is 0 Å². The molecule has 0 fully saturated rings. The molecule has 0 saturated heterocycles. The van der Waals surface area contributed by atoms with Crippen LogP contribution < -0.4 is 2.89 Å². The van der Waals surface area contributed by atoms with E-state index in [0.717, 1.165) is 11.8 Å². The van der Waals surface area contributed by atoms with Gasteiger partial charge < -0.3 is 0 Å². The Morgan fingerprint density at radius 2 is 1.95 bits per heavy atom. The number of rotatable bonds is 7. The first-order chi connectivity index (χ1) is 9.06. The molecule has 1 unspecified atom stereocenters. The van der Waals surface area contributed by atoms with Crippen LogP contribution in [0.3, 0.4) is 0 Å². The Morgan fingerprint density at radius 3 is 2.68 bits per heavy atom. The Balaban J connectivity index is 1.81. The summed E-state index contributed by atoms with van der Waals surface area (Å²) in [6.45, 7) is 7.08. The van der Waals surface area contributed by atoms with Crippen molar-refractivity contribution in [1.29, 1.82) is 0 Å². The van der Waals surface area contributed by atoms with Crippen molar-refractivity contribution in [2.45, 2.75) is 52.9 Å². The molecule has 0 nitrogen and oxygen atoms in total. The third kappa shape index (κ3) is 4.75. The maximum atomic E-state index is 2.43. The summed E-state index contributed by atoms with van der Waals surface area (Å²) < 4.78 is 4.69. The molecule has 19 heavy (non-hydrogen) atoms. The molecule has 0 aromatic carbocycles. The van der Waals surface area contributed by atoms with Crippen molar-refractivity contribution < 1.29 is 0 Å². The molecule has 1 atom stereocenters. The zero-order valence-corrected chi connectivity index (χ0v) is 17.2. The van der Waals surface area contributed by atoms with E-state index < -0.39 is 0 Å². The summed E-state index contributed by atoms with van der Waals surface area (Å²) in [6, 6.07) is 2.39. The van der Waals surface area contributed by atoms with E-state index in [9.17, 15) is 0 Å². The molecule has 0 aliphatic heterocycles. The van der Waals surface area contributed by atoms with Gasteiger partial charge in [-0.25, -0.2) is 0 Å². The van der Waals surface area contributed by atoms with Crippen molar-refractivity contribution >= 4 is 57.5 Å². The Morgan fingerprint density at radius 1 is 1.16 bits per heavy atom. The average Bonchev–Trinajstić information content (AvgIpc) is 2.85. The van der Waals surface area contributed by atoms with E-state index in [1.54, 1.807) is 13.2 Å². The molecule has 0 saturated carbocycles. The SMILES string of the molecule is CC(C)CCCC(C)CCc1csc2c[c]([SnH])sc12. The average molecular weight is 399 g/mol. The molecule has 0 amide bonds. The molecule has 2 aromatic heterocycles. The van der Waals surface area contributed by atoms with Gasteiger partial charge in [-0.15, -0.1) is 0 Å². The minimum atomic E-state index is 0.863. The Labute approximate surface area is 138 Å². The molecule has 3 heteroatoms. The van der Waals surface area contributed by atoms with Crippen molar-refractivity contribution in [1.82, 2.24) is 0 Å². The van der Waals surface area contributed by atoms with E-state index in [1.807, 2.05) is 22.7 Å². The van der Waals surface area contributed by atoms with E-state index in [1.165, 1.54) is 59.3 Å². The molecule has 104 valence electrons.